The molecule has 7 heterocycles. The first-order valence-electron chi connectivity index (χ1n) is 35.7. The van der Waals surface area contributed by atoms with Crippen LogP contribution in [0.15, 0.2) is 78.9 Å². The molecule has 7 aliphatic heterocycles. The molecule has 2 fully saturated rings. The van der Waals surface area contributed by atoms with Gasteiger partial charge in [-0.15, -0.1) is 0 Å². The summed E-state index contributed by atoms with van der Waals surface area (Å²) in [5.74, 6) is -15.1. The lowest BCUT2D eigenvalue weighted by Gasteiger charge is -2.48. The Morgan fingerprint density at radius 3 is 1.86 bits per heavy atom. The Hall–Kier alpha value is -9.85. The Labute approximate surface area is 646 Å². The van der Waals surface area contributed by atoms with E-state index in [9.17, 15) is 69.9 Å². The standard InChI is InChI=1S/C75H90Cl2N8O26/c1-29(2)17-45(85(10)74(103)105-31(5)6)47(89)25-41-60(92)35-12-15-49(42(76)19-35)107-51-21-37-22-52(64(51)111-72-65(63(95)62(94)53(28-86)109-72)110-55-27-75(9,66(96)33(8)106-55)84-73(102)104-30(3)4)108-50-16-13-36(20-43(50)77)61(93)59-71(101)79-32(7)39-23-38(87)24-48(90)56(39)40-18-34(11-14-46(40)88)57(69(99)83-59)82-70(100)58(37)81-68(98)44(26-54(78)91)80-67(41)97/h11-16,18-24,29-33,41,44-45,53,55,57-63,65-66,72,86-88,90,92-96H,17,25-28H2,1-10H3,(H2,78,91)(H,79,101)(H,80,97)(H,81,98)(H,82,100)(H,83,99)(H,84,102)/t32-,33+,41-,44+,45?,53-,55+,57-,58-,59+,60-,61-,62-,63+,65-,66-,72?,75+/m1/s1. The molecule has 111 heavy (non-hydrogen) atoms. The van der Waals surface area contributed by atoms with E-state index >= 15 is 19.2 Å². The van der Waals surface area contributed by atoms with E-state index in [1.54, 1.807) is 41.5 Å². The molecule has 36 heteroatoms. The highest BCUT2D eigenvalue weighted by molar-refractivity contribution is 6.32. The van der Waals surface area contributed by atoms with Gasteiger partial charge in [-0.3, -0.25) is 33.6 Å². The minimum absolute atomic E-state index is 0.00891. The van der Waals surface area contributed by atoms with Crippen LogP contribution in [0.1, 0.15) is 146 Å². The number of amides is 8. The van der Waals surface area contributed by atoms with Crippen LogP contribution >= 0.6 is 23.2 Å². The number of rotatable bonds is 16. The van der Waals surface area contributed by atoms with Gasteiger partial charge in [-0.05, 0) is 143 Å². The van der Waals surface area contributed by atoms with Gasteiger partial charge in [0.05, 0.1) is 71.0 Å². The van der Waals surface area contributed by atoms with Crippen molar-refractivity contribution in [2.75, 3.05) is 13.7 Å². The maximum absolute atomic E-state index is 16.2. The molecule has 11 bridgehead atoms. The fourth-order valence-electron chi connectivity index (χ4n) is 13.8. The number of fused-ring (bicyclic) bond motifs is 15. The van der Waals surface area contributed by atoms with Crippen LogP contribution in [0.2, 0.25) is 10.0 Å². The minimum atomic E-state index is -2.34. The fraction of sp³-hybridized carbons (Fsp3) is 0.480. The van der Waals surface area contributed by atoms with E-state index in [2.05, 4.69) is 31.9 Å². The maximum Gasteiger partial charge on any atom is 0.410 e. The predicted molar refractivity (Wildman–Crippen MR) is 389 cm³/mol. The SMILES string of the molecule is CC(C)CC(C(=O)C[C@H]1C(=O)N[C@@H](CC(N)=O)C(=O)N[C@H]2C(=O)N[C@H]3C(=O)N[C@H](C(=O)N[C@H](C)c4cc(O)cc(O)c4-c4cc3ccc4O)[C@H](O)c3ccc(c(Cl)c3)Oc3cc2cc(c3OC2O[C@H](CO)[C@@H](O)[C@H](O)[C@H]2O[C@H]2C[C@](C)(NC(=O)OC(C)C)[C@H](O)[C@H](C)O2)Oc2ccc(cc2Cl)[C@H]1O)N(C)C(=O)OC(C)C. The summed E-state index contributed by atoms with van der Waals surface area (Å²) >= 11 is 14.3. The first-order chi connectivity index (χ1) is 52.2. The van der Waals surface area contributed by atoms with Crippen molar-refractivity contribution in [1.82, 2.24) is 36.8 Å². The number of alkyl carbamates (subject to hydrolysis) is 1. The molecule has 0 saturated carbocycles. The molecule has 2 unspecified atom stereocenters. The summed E-state index contributed by atoms with van der Waals surface area (Å²) in [6, 6.07) is 3.47. The Kier molecular flexibility index (Phi) is 25.9. The smallest absolute Gasteiger partial charge is 0.410 e. The molecule has 5 aromatic carbocycles. The second kappa shape index (κ2) is 34.4. The van der Waals surface area contributed by atoms with Gasteiger partial charge in [0.25, 0.3) is 0 Å². The largest absolute Gasteiger partial charge is 0.508 e. The maximum atomic E-state index is 16.2. The molecule has 0 aromatic heterocycles. The molecule has 17 N–H and O–H groups in total. The van der Waals surface area contributed by atoms with Crippen molar-refractivity contribution < 1.29 is 127 Å². The molecule has 0 aliphatic carbocycles. The van der Waals surface area contributed by atoms with E-state index in [1.165, 1.54) is 64.2 Å². The summed E-state index contributed by atoms with van der Waals surface area (Å²) in [4.78, 5) is 133. The van der Waals surface area contributed by atoms with E-state index in [0.29, 0.717) is 0 Å². The number of aliphatic hydroxyl groups is 6. The van der Waals surface area contributed by atoms with Crippen molar-refractivity contribution in [3.05, 3.63) is 117 Å². The predicted octanol–water partition coefficient (Wildman–Crippen LogP) is 4.57. The number of hydrogen-bond donors (Lipinski definition) is 16. The number of halogens is 2. The number of Topliss-reactive ketones (excluding diaryl/α,β-unsaturated/α-hetero) is 1. The highest BCUT2D eigenvalue weighted by Crippen LogP contribution is 2.50. The topological polar surface area (TPSA) is 511 Å². The first kappa shape index (κ1) is 83.6. The van der Waals surface area contributed by atoms with Gasteiger partial charge in [-0.25, -0.2) is 9.59 Å². The van der Waals surface area contributed by atoms with Crippen LogP contribution < -0.4 is 51.8 Å². The molecule has 0 spiro atoms. The number of primary amides is 1. The highest BCUT2D eigenvalue weighted by atomic mass is 35.5. The third-order valence-electron chi connectivity index (χ3n) is 19.5. The van der Waals surface area contributed by atoms with E-state index < -0.39 is 241 Å². The molecule has 0 radical (unpaired) electrons. The van der Waals surface area contributed by atoms with Crippen molar-refractivity contribution in [2.24, 2.45) is 17.6 Å². The second-order valence-corrected chi connectivity index (χ2v) is 30.0. The molecule has 2 saturated heterocycles. The Balaban J connectivity index is 1.22. The van der Waals surface area contributed by atoms with Gasteiger partial charge in [0, 0.05) is 37.1 Å². The lowest BCUT2D eigenvalue weighted by atomic mass is 9.85. The lowest BCUT2D eigenvalue weighted by Crippen LogP contribution is -2.66. The quantitative estimate of drug-likeness (QED) is 0.0643. The summed E-state index contributed by atoms with van der Waals surface area (Å²) in [7, 11) is 1.30. The number of aliphatic hydroxyl groups excluding tert-OH is 6. The first-order valence-corrected chi connectivity index (χ1v) is 36.4. The molecule has 5 aromatic rings. The van der Waals surface area contributed by atoms with E-state index in [0.717, 1.165) is 47.4 Å². The zero-order chi connectivity index (χ0) is 81.3. The van der Waals surface area contributed by atoms with Crippen LogP contribution in [0.25, 0.3) is 11.1 Å². The molecule has 18 atom stereocenters. The number of phenols is 3. The average Bonchev–Trinajstić information content (AvgIpc) is 0.771. The molecule has 8 amide bonds. The van der Waals surface area contributed by atoms with Crippen LogP contribution in [0.5, 0.6) is 46.0 Å². The van der Waals surface area contributed by atoms with Gasteiger partial charge < -0.3 is 126 Å². The number of aromatic hydroxyl groups is 3. The summed E-state index contributed by atoms with van der Waals surface area (Å²) < 4.78 is 49.7. The van der Waals surface area contributed by atoms with E-state index in [-0.39, 0.29) is 67.3 Å². The summed E-state index contributed by atoms with van der Waals surface area (Å²) in [5, 5.41) is 120. The number of hydrogen-bond acceptors (Lipinski definition) is 26. The average molecular weight is 1590 g/mol. The van der Waals surface area contributed by atoms with Crippen molar-refractivity contribution in [2.45, 2.75) is 203 Å². The Bertz CT molecular complexity index is 4400. The molecule has 600 valence electrons. The zero-order valence-corrected chi connectivity index (χ0v) is 63.3. The van der Waals surface area contributed by atoms with Gasteiger partial charge in [-0.1, -0.05) is 55.2 Å². The number of nitrogens with two attached hydrogens (primary N) is 1. The summed E-state index contributed by atoms with van der Waals surface area (Å²) in [6.45, 7) is 13.2. The molecular weight excluding hydrogens is 1500 g/mol. The number of carbonyl (C=O) groups excluding carboxylic acids is 9. The molecular formula is C75H90Cl2N8O26. The number of nitrogens with zero attached hydrogens (tertiary/aromatic N) is 1. The van der Waals surface area contributed by atoms with Gasteiger partial charge in [0.15, 0.2) is 29.7 Å². The number of phenolic OH excluding ortho intramolecular Hbond substituents is 3. The summed E-state index contributed by atoms with van der Waals surface area (Å²) in [5.41, 5.74) is 2.71. The minimum Gasteiger partial charge on any atom is -0.508 e. The Morgan fingerprint density at radius 2 is 1.26 bits per heavy atom. The lowest BCUT2D eigenvalue weighted by molar-refractivity contribution is -0.334. The van der Waals surface area contributed by atoms with Crippen molar-refractivity contribution >= 4 is 76.6 Å². The van der Waals surface area contributed by atoms with Crippen LogP contribution in [0.4, 0.5) is 9.59 Å². The molecule has 34 nitrogen and oxygen atoms in total. The number of benzene rings is 5. The van der Waals surface area contributed by atoms with Gasteiger partial charge >= 0.3 is 12.2 Å². The summed E-state index contributed by atoms with van der Waals surface area (Å²) in [6.07, 6.45) is -23.5. The number of nitrogens with one attached hydrogen (secondary N) is 6. The molecule has 7 aliphatic rings. The van der Waals surface area contributed by atoms with Crippen LogP contribution in [0, 0.1) is 11.8 Å². The normalized spacial score (nSPS) is 27.8. The van der Waals surface area contributed by atoms with E-state index in [1.807, 2.05) is 0 Å². The third-order valence-corrected chi connectivity index (χ3v) is 20.1. The highest BCUT2D eigenvalue weighted by Gasteiger charge is 2.53. The van der Waals surface area contributed by atoms with Crippen molar-refractivity contribution in [3.8, 4) is 57.1 Å². The monoisotopic (exact) mass is 1590 g/mol. The van der Waals surface area contributed by atoms with Gasteiger partial charge in [0.1, 0.15) is 83.4 Å². The molecule has 12 rings (SSSR count). The van der Waals surface area contributed by atoms with Crippen molar-refractivity contribution in [3.63, 3.8) is 0 Å². The number of carbonyl (C=O) groups is 9. The van der Waals surface area contributed by atoms with Crippen molar-refractivity contribution in [1.29, 1.82) is 0 Å². The second-order valence-electron chi connectivity index (χ2n) is 29.2. The number of ketones is 1. The van der Waals surface area contributed by atoms with E-state index in [4.69, 9.17) is 66.8 Å². The number of ether oxygens (including phenoxy) is 8. The Morgan fingerprint density at radius 1 is 0.667 bits per heavy atom. The fourth-order valence-corrected chi connectivity index (χ4v) is 14.3. The van der Waals surface area contributed by atoms with Crippen LogP contribution in [0.3, 0.4) is 0 Å². The van der Waals surface area contributed by atoms with Gasteiger partial charge in [-0.2, -0.15) is 0 Å². The van der Waals surface area contributed by atoms with Crippen LogP contribution in [-0.4, -0.2) is 203 Å². The third kappa shape index (κ3) is 18.7. The van der Waals surface area contributed by atoms with Gasteiger partial charge in [0.2, 0.25) is 47.5 Å². The van der Waals surface area contributed by atoms with Crippen LogP contribution in [-0.2, 0) is 57.2 Å². The number of likely N-dealkylation sites (N-methyl/N-ethyl adjacent to an activating group) is 1. The zero-order valence-electron chi connectivity index (χ0n) is 61.8.